The summed E-state index contributed by atoms with van der Waals surface area (Å²) in [6, 6.07) is 12.6. The van der Waals surface area contributed by atoms with E-state index >= 15 is 9.59 Å². The van der Waals surface area contributed by atoms with E-state index in [0.717, 1.165) is 28.0 Å². The molecule has 5 heterocycles. The third kappa shape index (κ3) is 8.88. The number of rotatable bonds is 7. The van der Waals surface area contributed by atoms with Crippen LogP contribution in [0.5, 0.6) is 5.88 Å². The van der Waals surface area contributed by atoms with Crippen LogP contribution in [0.25, 0.3) is 32.0 Å². The molecule has 0 bridgehead atoms. The van der Waals surface area contributed by atoms with E-state index in [1.54, 1.807) is 46.9 Å². The Morgan fingerprint density at radius 2 is 1.71 bits per heavy atom. The molecular weight excluding hydrogens is 825 g/mol. The highest BCUT2D eigenvalue weighted by Crippen LogP contribution is 2.52. The second-order valence-corrected chi connectivity index (χ2v) is 18.4. The summed E-state index contributed by atoms with van der Waals surface area (Å²) in [6.45, 7) is 8.14. The summed E-state index contributed by atoms with van der Waals surface area (Å²) in [5, 5.41) is 6.47. The summed E-state index contributed by atoms with van der Waals surface area (Å²) in [4.78, 5) is 94.3. The highest BCUT2D eigenvalue weighted by Gasteiger charge is 2.69. The molecule has 4 amide bonds. The normalized spacial score (nSPS) is 26.8. The number of aromatic nitrogens is 3. The van der Waals surface area contributed by atoms with Gasteiger partial charge in [0.1, 0.15) is 28.8 Å². The second-order valence-electron chi connectivity index (χ2n) is 17.4. The molecular formula is C46H52N8O8S. The van der Waals surface area contributed by atoms with Crippen LogP contribution in [0, 0.1) is 5.92 Å². The number of fused-ring (bicyclic) bond motifs is 4. The first kappa shape index (κ1) is 43.4. The summed E-state index contributed by atoms with van der Waals surface area (Å²) in [5.74, 6) is -3.08. The smallest absolute Gasteiger partial charge is 0.418 e. The molecule has 63 heavy (non-hydrogen) atoms. The van der Waals surface area contributed by atoms with Gasteiger partial charge < -0.3 is 29.7 Å². The first-order chi connectivity index (χ1) is 30.2. The molecule has 1 saturated carbocycles. The fourth-order valence-electron chi connectivity index (χ4n) is 8.36. The molecule has 1 unspecified atom stereocenters. The zero-order chi connectivity index (χ0) is 44.5. The molecule has 4 aliphatic rings. The number of para-hydroxylation sites is 3. The van der Waals surface area contributed by atoms with Gasteiger partial charge in [0.2, 0.25) is 17.5 Å². The molecule has 0 radical (unpaired) electrons. The van der Waals surface area contributed by atoms with E-state index in [2.05, 4.69) is 15.6 Å². The Bertz CT molecular complexity index is 2500. The maximum atomic E-state index is 15.5. The van der Waals surface area contributed by atoms with Crippen LogP contribution in [-0.4, -0.2) is 109 Å². The first-order valence-electron chi connectivity index (χ1n) is 21.5. The molecule has 3 aliphatic heterocycles. The van der Waals surface area contributed by atoms with Crippen LogP contribution in [-0.2, 0) is 28.7 Å². The van der Waals surface area contributed by atoms with Crippen molar-refractivity contribution in [3.63, 3.8) is 0 Å². The molecule has 4 aromatic rings. The van der Waals surface area contributed by atoms with Crippen molar-refractivity contribution in [1.82, 2.24) is 35.4 Å². The highest BCUT2D eigenvalue weighted by atomic mass is 32.1. The van der Waals surface area contributed by atoms with Crippen LogP contribution in [0.15, 0.2) is 78.0 Å². The minimum atomic E-state index is -1.72. The van der Waals surface area contributed by atoms with E-state index in [-0.39, 0.29) is 38.3 Å². The number of ether oxygens (including phenoxy) is 3. The third-order valence-corrected chi connectivity index (χ3v) is 12.7. The molecule has 8 rings (SSSR count). The maximum Gasteiger partial charge on any atom is 0.418 e. The van der Waals surface area contributed by atoms with E-state index in [0.29, 0.717) is 34.6 Å². The fourth-order valence-corrected chi connectivity index (χ4v) is 9.30. The zero-order valence-corrected chi connectivity index (χ0v) is 36.9. The van der Waals surface area contributed by atoms with Crippen molar-refractivity contribution in [2.45, 2.75) is 115 Å². The van der Waals surface area contributed by atoms with E-state index in [1.807, 2.05) is 60.7 Å². The monoisotopic (exact) mass is 876 g/mol. The Labute approximate surface area is 369 Å². The number of allylic oxidation sites excluding steroid dienone is 2. The van der Waals surface area contributed by atoms with Crippen LogP contribution < -0.4 is 15.4 Å². The van der Waals surface area contributed by atoms with Gasteiger partial charge in [-0.25, -0.2) is 29.4 Å². The van der Waals surface area contributed by atoms with Crippen LogP contribution >= 0.6 is 11.3 Å². The summed E-state index contributed by atoms with van der Waals surface area (Å²) in [5.41, 5.74) is -1.83. The van der Waals surface area contributed by atoms with Gasteiger partial charge in [-0.05, 0) is 90.6 Å². The minimum absolute atomic E-state index is 0.0100. The lowest BCUT2D eigenvalue weighted by molar-refractivity contribution is -0.159. The van der Waals surface area contributed by atoms with Gasteiger partial charge in [0.25, 0.3) is 11.8 Å². The predicted molar refractivity (Wildman–Crippen MR) is 237 cm³/mol. The van der Waals surface area contributed by atoms with Gasteiger partial charge in [0, 0.05) is 24.8 Å². The number of thiazole rings is 1. The Kier molecular flexibility index (Phi) is 12.1. The summed E-state index contributed by atoms with van der Waals surface area (Å²) in [6.07, 6.45) is 9.69. The van der Waals surface area contributed by atoms with Crippen LogP contribution in [0.4, 0.5) is 4.79 Å². The molecule has 330 valence electrons. The van der Waals surface area contributed by atoms with Crippen molar-refractivity contribution in [3.05, 3.63) is 73.0 Å². The number of carbonyl (C=O) groups excluding carboxylic acids is 5. The van der Waals surface area contributed by atoms with E-state index in [1.165, 1.54) is 22.5 Å². The second kappa shape index (κ2) is 17.5. The fraction of sp³-hybridized carbons (Fsp3) is 0.457. The quantitative estimate of drug-likeness (QED) is 0.157. The lowest BCUT2D eigenvalue weighted by Crippen LogP contribution is -2.61. The van der Waals surface area contributed by atoms with Gasteiger partial charge >= 0.3 is 12.1 Å². The number of nitrogens with one attached hydrogen (secondary N) is 2. The zero-order valence-electron chi connectivity index (χ0n) is 36.0. The lowest BCUT2D eigenvalue weighted by atomic mass is 10.0. The van der Waals surface area contributed by atoms with Crippen molar-refractivity contribution in [2.24, 2.45) is 10.9 Å². The number of esters is 1. The van der Waals surface area contributed by atoms with Crippen molar-refractivity contribution >= 4 is 68.6 Å². The standard InChI is InChI=1S/C46H52N8O8S/c1-6-60-42(58)46-26-28(46)17-10-8-7-9-11-21-33(52-41(57)45(5)47-23-16-24-48-45)39(55)53-27-29(25-34(53)40(56)54(46)43(59)62-44(2,3)4)61-37-36(49-30-18-12-13-19-31(30)50-37)38-51-32-20-14-15-22-35(32)63-38/h10,12-20,22-24,28-29,33-34,47H,6-9,11,21,25-27H2,1-5H3,(H,52,57)/b17-10-/t28-,29-,33+,34+,45?,46-/m1/s1. The molecule has 2 fully saturated rings. The molecule has 1 saturated heterocycles. The molecule has 6 atom stereocenters. The summed E-state index contributed by atoms with van der Waals surface area (Å²) in [7, 11) is 0. The number of benzene rings is 2. The van der Waals surface area contributed by atoms with Gasteiger partial charge in [0.15, 0.2) is 11.2 Å². The molecule has 16 nitrogen and oxygen atoms in total. The largest absolute Gasteiger partial charge is 0.471 e. The predicted octanol–water partition coefficient (Wildman–Crippen LogP) is 6.25. The maximum absolute atomic E-state index is 15.5. The van der Waals surface area contributed by atoms with Gasteiger partial charge in [0.05, 0.1) is 34.4 Å². The van der Waals surface area contributed by atoms with Gasteiger partial charge in [-0.1, -0.05) is 49.3 Å². The first-order valence-corrected chi connectivity index (χ1v) is 22.3. The molecule has 2 aromatic carbocycles. The number of amides is 4. The highest BCUT2D eigenvalue weighted by molar-refractivity contribution is 7.21. The number of aliphatic imine (C=N–C) groups is 1. The Hall–Kier alpha value is -6.23. The lowest BCUT2D eigenvalue weighted by Gasteiger charge is -2.36. The SMILES string of the molecule is CCOC(=O)[C@@]12C[C@H]1/C=C\CCCCC[C@H](NC(=O)C1(C)N=CC=CN1)C(=O)N1C[C@H](Oc3nc4ccccc4nc3-c3nc4ccccc4s3)C[C@H]1C(=O)N2C(=O)OC(C)(C)C. The van der Waals surface area contributed by atoms with E-state index in [4.69, 9.17) is 29.2 Å². The molecule has 2 N–H and O–H groups in total. The Morgan fingerprint density at radius 1 is 0.968 bits per heavy atom. The topological polar surface area (TPSA) is 195 Å². The van der Waals surface area contributed by atoms with Crippen LogP contribution in [0.3, 0.4) is 0 Å². The van der Waals surface area contributed by atoms with Gasteiger partial charge in [-0.15, -0.1) is 11.3 Å². The number of hydrogen-bond donors (Lipinski definition) is 2. The number of carbonyl (C=O) groups is 5. The van der Waals surface area contributed by atoms with Crippen molar-refractivity contribution < 1.29 is 38.2 Å². The van der Waals surface area contributed by atoms with Gasteiger partial charge in [-0.3, -0.25) is 19.4 Å². The number of hydrogen-bond acceptors (Lipinski definition) is 14. The van der Waals surface area contributed by atoms with Crippen molar-refractivity contribution in [1.29, 1.82) is 0 Å². The van der Waals surface area contributed by atoms with Gasteiger partial charge in [-0.2, -0.15) is 0 Å². The minimum Gasteiger partial charge on any atom is -0.471 e. The van der Waals surface area contributed by atoms with Crippen molar-refractivity contribution in [3.8, 4) is 16.6 Å². The third-order valence-electron chi connectivity index (χ3n) is 11.6. The van der Waals surface area contributed by atoms with Crippen LogP contribution in [0.1, 0.15) is 79.6 Å². The molecule has 0 spiro atoms. The Balaban J connectivity index is 1.22. The molecule has 1 aliphatic carbocycles. The van der Waals surface area contributed by atoms with E-state index in [9.17, 15) is 14.4 Å². The summed E-state index contributed by atoms with van der Waals surface area (Å²) >= 11 is 1.43. The number of imide groups is 1. The summed E-state index contributed by atoms with van der Waals surface area (Å²) < 4.78 is 19.1. The number of nitrogens with zero attached hydrogens (tertiary/aromatic N) is 6. The van der Waals surface area contributed by atoms with Crippen molar-refractivity contribution in [2.75, 3.05) is 13.2 Å². The average molecular weight is 877 g/mol. The molecule has 2 aromatic heterocycles. The van der Waals surface area contributed by atoms with E-state index < -0.39 is 70.7 Å². The van der Waals surface area contributed by atoms with Crippen LogP contribution in [0.2, 0.25) is 0 Å². The Morgan fingerprint density at radius 3 is 2.43 bits per heavy atom. The average Bonchev–Trinajstić information content (AvgIpc) is 3.56. The molecule has 17 heteroatoms.